The summed E-state index contributed by atoms with van der Waals surface area (Å²) < 4.78 is 8.79. The molecule has 0 unspecified atom stereocenters. The van der Waals surface area contributed by atoms with E-state index >= 15 is 0 Å². The Bertz CT molecular complexity index is 1470. The normalized spacial score (nSPS) is 11.4. The highest BCUT2D eigenvalue weighted by molar-refractivity contribution is 5.96. The van der Waals surface area contributed by atoms with E-state index in [-0.39, 0.29) is 28.6 Å². The molecule has 0 aliphatic heterocycles. The topological polar surface area (TPSA) is 101 Å². The van der Waals surface area contributed by atoms with Gasteiger partial charge in [-0.2, -0.15) is 0 Å². The lowest BCUT2D eigenvalue weighted by molar-refractivity contribution is 0.0748. The van der Waals surface area contributed by atoms with E-state index in [1.54, 1.807) is 16.8 Å². The van der Waals surface area contributed by atoms with E-state index < -0.39 is 0 Å². The molecule has 0 saturated carbocycles. The minimum atomic E-state index is -0.381. The number of hydrogen-bond donors (Lipinski definition) is 2. The van der Waals surface area contributed by atoms with Crippen LogP contribution < -0.4 is 16.4 Å². The van der Waals surface area contributed by atoms with Crippen LogP contribution in [0.15, 0.2) is 59.5 Å². The predicted molar refractivity (Wildman–Crippen MR) is 136 cm³/mol. The highest BCUT2D eigenvalue weighted by atomic mass is 16.5. The third kappa shape index (κ3) is 5.49. The van der Waals surface area contributed by atoms with Crippen LogP contribution in [0, 0.1) is 12.3 Å². The predicted octanol–water partition coefficient (Wildman–Crippen LogP) is 3.22. The van der Waals surface area contributed by atoms with Gasteiger partial charge in [0.05, 0.1) is 17.1 Å². The SMILES string of the molecule is Cc1ccc2nc3c(cc(C(=O)NCCc4ccccc4)c(=N)n3CCCOC(C)C)c(=O)n2c1. The summed E-state index contributed by atoms with van der Waals surface area (Å²) in [5, 5.41) is 12.0. The first-order chi connectivity index (χ1) is 16.8. The number of rotatable bonds is 9. The molecule has 0 fully saturated rings. The van der Waals surface area contributed by atoms with Gasteiger partial charge in [-0.3, -0.25) is 19.4 Å². The Kier molecular flexibility index (Phi) is 7.41. The van der Waals surface area contributed by atoms with Crippen molar-refractivity contribution in [3.05, 3.63) is 87.3 Å². The van der Waals surface area contributed by atoms with Gasteiger partial charge < -0.3 is 14.6 Å². The van der Waals surface area contributed by atoms with Gasteiger partial charge in [0.15, 0.2) is 0 Å². The van der Waals surface area contributed by atoms with E-state index in [9.17, 15) is 9.59 Å². The summed E-state index contributed by atoms with van der Waals surface area (Å²) >= 11 is 0. The maximum atomic E-state index is 13.4. The van der Waals surface area contributed by atoms with Gasteiger partial charge in [0.2, 0.25) is 0 Å². The lowest BCUT2D eigenvalue weighted by Gasteiger charge is -2.15. The zero-order valence-corrected chi connectivity index (χ0v) is 20.4. The molecular weight excluding hydrogens is 442 g/mol. The van der Waals surface area contributed by atoms with Crippen molar-refractivity contribution in [1.82, 2.24) is 19.3 Å². The number of benzene rings is 1. The molecule has 35 heavy (non-hydrogen) atoms. The number of nitrogens with zero attached hydrogens (tertiary/aromatic N) is 3. The highest BCUT2D eigenvalue weighted by Gasteiger charge is 2.17. The van der Waals surface area contributed by atoms with Crippen molar-refractivity contribution in [2.24, 2.45) is 0 Å². The van der Waals surface area contributed by atoms with Gasteiger partial charge in [0.25, 0.3) is 11.5 Å². The Morgan fingerprint density at radius 1 is 1.17 bits per heavy atom. The van der Waals surface area contributed by atoms with Gasteiger partial charge in [0.1, 0.15) is 16.8 Å². The smallest absolute Gasteiger partial charge is 0.267 e. The average Bonchev–Trinajstić information content (AvgIpc) is 2.84. The van der Waals surface area contributed by atoms with Gasteiger partial charge in [-0.1, -0.05) is 36.4 Å². The minimum Gasteiger partial charge on any atom is -0.379 e. The summed E-state index contributed by atoms with van der Waals surface area (Å²) in [6, 6.07) is 15.1. The van der Waals surface area contributed by atoms with Crippen LogP contribution in [0.1, 0.15) is 41.8 Å². The monoisotopic (exact) mass is 473 g/mol. The van der Waals surface area contributed by atoms with Gasteiger partial charge in [-0.15, -0.1) is 0 Å². The van der Waals surface area contributed by atoms with Crippen LogP contribution in [-0.4, -0.2) is 39.1 Å². The molecule has 0 aliphatic carbocycles. The number of ether oxygens (including phenoxy) is 1. The van der Waals surface area contributed by atoms with Crippen molar-refractivity contribution < 1.29 is 9.53 Å². The van der Waals surface area contributed by atoms with Gasteiger partial charge in [-0.05, 0) is 56.9 Å². The van der Waals surface area contributed by atoms with Crippen molar-refractivity contribution in [1.29, 1.82) is 5.41 Å². The van der Waals surface area contributed by atoms with Gasteiger partial charge in [0, 0.05) is 25.9 Å². The number of hydrogen-bond acceptors (Lipinski definition) is 5. The Morgan fingerprint density at radius 2 is 1.94 bits per heavy atom. The van der Waals surface area contributed by atoms with E-state index in [0.29, 0.717) is 49.2 Å². The Morgan fingerprint density at radius 3 is 2.69 bits per heavy atom. The zero-order chi connectivity index (χ0) is 24.9. The first-order valence-corrected chi connectivity index (χ1v) is 11.9. The van der Waals surface area contributed by atoms with Crippen LogP contribution in [0.3, 0.4) is 0 Å². The summed E-state index contributed by atoms with van der Waals surface area (Å²) in [5.74, 6) is -0.381. The lowest BCUT2D eigenvalue weighted by Crippen LogP contribution is -2.36. The average molecular weight is 474 g/mol. The zero-order valence-electron chi connectivity index (χ0n) is 20.4. The second kappa shape index (κ2) is 10.7. The van der Waals surface area contributed by atoms with Crippen LogP contribution in [0.4, 0.5) is 0 Å². The minimum absolute atomic E-state index is 0.0302. The highest BCUT2D eigenvalue weighted by Crippen LogP contribution is 2.12. The fourth-order valence-electron chi connectivity index (χ4n) is 4.04. The number of fused-ring (bicyclic) bond motifs is 2. The van der Waals surface area contributed by atoms with E-state index in [4.69, 9.17) is 10.1 Å². The second-order valence-corrected chi connectivity index (χ2v) is 8.91. The molecule has 2 N–H and O–H groups in total. The molecule has 3 aromatic heterocycles. The Labute approximate surface area is 203 Å². The Hall–Kier alpha value is -3.78. The molecule has 8 nitrogen and oxygen atoms in total. The molecule has 4 rings (SSSR count). The number of nitrogens with one attached hydrogen (secondary N) is 2. The number of aromatic nitrogens is 3. The molecule has 1 aromatic carbocycles. The van der Waals surface area contributed by atoms with Crippen molar-refractivity contribution in [3.63, 3.8) is 0 Å². The number of amides is 1. The van der Waals surface area contributed by atoms with E-state index in [0.717, 1.165) is 11.1 Å². The molecular formula is C27H31N5O3. The number of pyridine rings is 2. The number of aryl methyl sites for hydroxylation is 2. The maximum Gasteiger partial charge on any atom is 0.267 e. The van der Waals surface area contributed by atoms with Crippen LogP contribution >= 0.6 is 0 Å². The first kappa shape index (κ1) is 24.3. The molecule has 0 aliphatic rings. The van der Waals surface area contributed by atoms with E-state index in [1.807, 2.05) is 57.2 Å². The fraction of sp³-hybridized carbons (Fsp3) is 0.333. The molecule has 8 heteroatoms. The summed E-state index contributed by atoms with van der Waals surface area (Å²) in [6.07, 6.45) is 3.13. The molecule has 182 valence electrons. The summed E-state index contributed by atoms with van der Waals surface area (Å²) in [6.45, 7) is 7.18. The lowest BCUT2D eigenvalue weighted by atomic mass is 10.1. The molecule has 3 heterocycles. The maximum absolute atomic E-state index is 13.4. The van der Waals surface area contributed by atoms with Crippen molar-refractivity contribution in [2.45, 2.75) is 46.3 Å². The van der Waals surface area contributed by atoms with Crippen molar-refractivity contribution in [2.75, 3.05) is 13.2 Å². The summed E-state index contributed by atoms with van der Waals surface area (Å²) in [5.41, 5.74) is 2.86. The molecule has 0 spiro atoms. The third-order valence-corrected chi connectivity index (χ3v) is 5.82. The first-order valence-electron chi connectivity index (χ1n) is 11.9. The van der Waals surface area contributed by atoms with Crippen LogP contribution in [-0.2, 0) is 17.7 Å². The van der Waals surface area contributed by atoms with E-state index in [2.05, 4.69) is 10.3 Å². The van der Waals surface area contributed by atoms with E-state index in [1.165, 1.54) is 10.5 Å². The largest absolute Gasteiger partial charge is 0.379 e. The standard InChI is InChI=1S/C27H31N5O3/c1-18(2)35-15-7-14-31-24(28)21(26(33)29-13-12-20-8-5-4-6-9-20)16-22-25(31)30-23-11-10-19(3)17-32(23)27(22)34/h4-6,8-11,16-18,28H,7,12-15H2,1-3H3,(H,29,33). The van der Waals surface area contributed by atoms with Crippen LogP contribution in [0.5, 0.6) is 0 Å². The van der Waals surface area contributed by atoms with Gasteiger partial charge in [-0.25, -0.2) is 4.98 Å². The second-order valence-electron chi connectivity index (χ2n) is 8.91. The number of carbonyl (C=O) groups is 1. The molecule has 0 bridgehead atoms. The third-order valence-electron chi connectivity index (χ3n) is 5.82. The molecule has 4 aromatic rings. The molecule has 0 radical (unpaired) electrons. The van der Waals surface area contributed by atoms with Gasteiger partial charge >= 0.3 is 0 Å². The van der Waals surface area contributed by atoms with Crippen molar-refractivity contribution >= 4 is 22.6 Å². The molecule has 0 atom stereocenters. The molecule has 0 saturated heterocycles. The van der Waals surface area contributed by atoms with Crippen LogP contribution in [0.25, 0.3) is 16.7 Å². The van der Waals surface area contributed by atoms with Crippen LogP contribution in [0.2, 0.25) is 0 Å². The van der Waals surface area contributed by atoms with Crippen molar-refractivity contribution in [3.8, 4) is 0 Å². The summed E-state index contributed by atoms with van der Waals surface area (Å²) in [4.78, 5) is 31.2. The fourth-order valence-corrected chi connectivity index (χ4v) is 4.04. The number of carbonyl (C=O) groups excluding carboxylic acids is 1. The summed E-state index contributed by atoms with van der Waals surface area (Å²) in [7, 11) is 0. The quantitative estimate of drug-likeness (QED) is 0.288. The Balaban J connectivity index is 1.73. The molecule has 1 amide bonds.